The largest absolute Gasteiger partial charge is 0.336 e. The highest BCUT2D eigenvalue weighted by Crippen LogP contribution is 2.32. The molecule has 86 valence electrons. The minimum absolute atomic E-state index is 0.906. The molecule has 0 fully saturated rings. The molecule has 0 aromatic carbocycles. The lowest BCUT2D eigenvalue weighted by atomic mass is 10.4. The van der Waals surface area contributed by atoms with Gasteiger partial charge in [-0.3, -0.25) is 0 Å². The Kier molecular flexibility index (Phi) is 4.57. The fourth-order valence-electron chi connectivity index (χ4n) is 1.32. The van der Waals surface area contributed by atoms with Gasteiger partial charge in [0, 0.05) is 41.4 Å². The second-order valence-electron chi connectivity index (χ2n) is 3.31. The van der Waals surface area contributed by atoms with Crippen molar-refractivity contribution in [2.24, 2.45) is 0 Å². The average molecular weight is 365 g/mol. The molecule has 0 atom stereocenters. The first-order valence-electron chi connectivity index (χ1n) is 4.86. The zero-order valence-corrected chi connectivity index (χ0v) is 12.5. The van der Waals surface area contributed by atoms with Crippen LogP contribution in [-0.4, -0.2) is 16.1 Å². The maximum absolute atomic E-state index is 4.00. The normalized spacial score (nSPS) is 10.9. The van der Waals surface area contributed by atoms with E-state index < -0.39 is 0 Å². The number of aromatic nitrogens is 2. The highest BCUT2D eigenvalue weighted by atomic mass is 79.9. The Bertz CT molecular complexity index is 419. The molecular formula is C10H11Br2N3S. The van der Waals surface area contributed by atoms with Gasteiger partial charge in [-0.05, 0) is 37.9 Å². The van der Waals surface area contributed by atoms with Crippen molar-refractivity contribution in [2.45, 2.75) is 13.1 Å². The molecule has 16 heavy (non-hydrogen) atoms. The van der Waals surface area contributed by atoms with Crippen LogP contribution in [0.4, 0.5) is 0 Å². The monoisotopic (exact) mass is 363 g/mol. The molecule has 0 saturated carbocycles. The molecule has 2 rings (SSSR count). The molecule has 0 unspecified atom stereocenters. The van der Waals surface area contributed by atoms with Crippen LogP contribution < -0.4 is 5.32 Å². The van der Waals surface area contributed by atoms with E-state index in [4.69, 9.17) is 0 Å². The SMILES string of the molecule is Brc1cc(CNCCn2ccnc2)sc1Br. The van der Waals surface area contributed by atoms with E-state index in [9.17, 15) is 0 Å². The molecular weight excluding hydrogens is 354 g/mol. The van der Waals surface area contributed by atoms with Gasteiger partial charge in [-0.1, -0.05) is 0 Å². The number of nitrogens with zero attached hydrogens (tertiary/aromatic N) is 2. The van der Waals surface area contributed by atoms with Crippen LogP contribution in [-0.2, 0) is 13.1 Å². The molecule has 3 nitrogen and oxygen atoms in total. The first-order valence-corrected chi connectivity index (χ1v) is 7.26. The van der Waals surface area contributed by atoms with E-state index in [2.05, 4.69) is 52.8 Å². The topological polar surface area (TPSA) is 29.9 Å². The third-order valence-electron chi connectivity index (χ3n) is 2.10. The van der Waals surface area contributed by atoms with Crippen LogP contribution in [0.3, 0.4) is 0 Å². The van der Waals surface area contributed by atoms with E-state index in [1.54, 1.807) is 17.5 Å². The van der Waals surface area contributed by atoms with Crippen LogP contribution in [0.5, 0.6) is 0 Å². The molecule has 2 aromatic heterocycles. The Morgan fingerprint density at radius 1 is 1.44 bits per heavy atom. The van der Waals surface area contributed by atoms with Crippen molar-refractivity contribution in [3.63, 3.8) is 0 Å². The van der Waals surface area contributed by atoms with Crippen molar-refractivity contribution in [1.82, 2.24) is 14.9 Å². The van der Waals surface area contributed by atoms with E-state index >= 15 is 0 Å². The lowest BCUT2D eigenvalue weighted by Crippen LogP contribution is -2.18. The molecule has 0 bridgehead atoms. The lowest BCUT2D eigenvalue weighted by Gasteiger charge is -2.03. The van der Waals surface area contributed by atoms with Crippen molar-refractivity contribution in [1.29, 1.82) is 0 Å². The quantitative estimate of drug-likeness (QED) is 0.825. The molecule has 0 spiro atoms. The predicted octanol–water partition coefficient (Wildman–Crippen LogP) is 3.26. The van der Waals surface area contributed by atoms with Gasteiger partial charge in [-0.15, -0.1) is 11.3 Å². The third kappa shape index (κ3) is 3.41. The smallest absolute Gasteiger partial charge is 0.0946 e. The van der Waals surface area contributed by atoms with E-state index in [1.165, 1.54) is 4.88 Å². The second kappa shape index (κ2) is 5.95. The summed E-state index contributed by atoms with van der Waals surface area (Å²) in [5.74, 6) is 0. The van der Waals surface area contributed by atoms with Gasteiger partial charge in [0.1, 0.15) is 0 Å². The summed E-state index contributed by atoms with van der Waals surface area (Å²) in [4.78, 5) is 5.32. The van der Waals surface area contributed by atoms with Crippen molar-refractivity contribution < 1.29 is 0 Å². The molecule has 0 aliphatic rings. The Labute approximate surface area is 115 Å². The van der Waals surface area contributed by atoms with Gasteiger partial charge >= 0.3 is 0 Å². The summed E-state index contributed by atoms with van der Waals surface area (Å²) in [5.41, 5.74) is 0. The predicted molar refractivity (Wildman–Crippen MR) is 73.7 cm³/mol. The molecule has 0 aliphatic carbocycles. The summed E-state index contributed by atoms with van der Waals surface area (Å²) >= 11 is 8.72. The van der Waals surface area contributed by atoms with Crippen molar-refractivity contribution >= 4 is 43.2 Å². The number of thiophene rings is 1. The summed E-state index contributed by atoms with van der Waals surface area (Å²) in [6.07, 6.45) is 5.60. The van der Waals surface area contributed by atoms with Crippen LogP contribution in [0.25, 0.3) is 0 Å². The van der Waals surface area contributed by atoms with Crippen LogP contribution in [0.1, 0.15) is 4.88 Å². The summed E-state index contributed by atoms with van der Waals surface area (Å²) in [7, 11) is 0. The first-order chi connectivity index (χ1) is 7.75. The van der Waals surface area contributed by atoms with Gasteiger partial charge in [-0.25, -0.2) is 4.98 Å². The van der Waals surface area contributed by atoms with Crippen LogP contribution >= 0.6 is 43.2 Å². The molecule has 6 heteroatoms. The standard InChI is InChI=1S/C10H11Br2N3S/c11-9-5-8(16-10(9)12)6-13-1-3-15-4-2-14-7-15/h2,4-5,7,13H,1,3,6H2. The zero-order chi connectivity index (χ0) is 11.4. The second-order valence-corrected chi connectivity index (χ2v) is 6.62. The Balaban J connectivity index is 1.72. The number of halogens is 2. The molecule has 1 N–H and O–H groups in total. The van der Waals surface area contributed by atoms with Gasteiger partial charge in [-0.2, -0.15) is 0 Å². The number of rotatable bonds is 5. The minimum Gasteiger partial charge on any atom is -0.336 e. The highest BCUT2D eigenvalue weighted by Gasteiger charge is 2.03. The molecule has 0 saturated heterocycles. The van der Waals surface area contributed by atoms with Gasteiger partial charge in [0.05, 0.1) is 10.1 Å². The van der Waals surface area contributed by atoms with Crippen LogP contribution in [0.15, 0.2) is 33.0 Å². The number of imidazole rings is 1. The van der Waals surface area contributed by atoms with Crippen molar-refractivity contribution in [2.75, 3.05) is 6.54 Å². The third-order valence-corrected chi connectivity index (χ3v) is 5.36. The summed E-state index contributed by atoms with van der Waals surface area (Å²) < 4.78 is 4.34. The Morgan fingerprint density at radius 2 is 2.31 bits per heavy atom. The van der Waals surface area contributed by atoms with Gasteiger partial charge < -0.3 is 9.88 Å². The van der Waals surface area contributed by atoms with Gasteiger partial charge in [0.2, 0.25) is 0 Å². The first kappa shape index (κ1) is 12.3. The van der Waals surface area contributed by atoms with E-state index in [0.717, 1.165) is 27.9 Å². The minimum atomic E-state index is 0.906. The lowest BCUT2D eigenvalue weighted by molar-refractivity contribution is 0.600. The molecule has 0 aliphatic heterocycles. The number of hydrogen-bond donors (Lipinski definition) is 1. The number of hydrogen-bond acceptors (Lipinski definition) is 3. The van der Waals surface area contributed by atoms with E-state index in [-0.39, 0.29) is 0 Å². The van der Waals surface area contributed by atoms with Gasteiger partial charge in [0.15, 0.2) is 0 Å². The fourth-order valence-corrected chi connectivity index (χ4v) is 3.46. The maximum atomic E-state index is 4.00. The van der Waals surface area contributed by atoms with E-state index in [0.29, 0.717) is 0 Å². The van der Waals surface area contributed by atoms with Crippen LogP contribution in [0.2, 0.25) is 0 Å². The average Bonchev–Trinajstić information content (AvgIpc) is 2.85. The molecule has 2 heterocycles. The zero-order valence-electron chi connectivity index (χ0n) is 8.49. The Morgan fingerprint density at radius 3 is 2.94 bits per heavy atom. The summed E-state index contributed by atoms with van der Waals surface area (Å²) in [6, 6.07) is 2.14. The number of nitrogens with one attached hydrogen (secondary N) is 1. The van der Waals surface area contributed by atoms with Crippen LogP contribution in [0, 0.1) is 0 Å². The summed E-state index contributed by atoms with van der Waals surface area (Å²) in [5, 5.41) is 3.40. The molecule has 2 aromatic rings. The maximum Gasteiger partial charge on any atom is 0.0946 e. The molecule has 0 amide bonds. The highest BCUT2D eigenvalue weighted by molar-refractivity contribution is 9.13. The van der Waals surface area contributed by atoms with E-state index in [1.807, 2.05) is 12.5 Å². The van der Waals surface area contributed by atoms with Crippen molar-refractivity contribution in [3.05, 3.63) is 37.9 Å². The van der Waals surface area contributed by atoms with Gasteiger partial charge in [0.25, 0.3) is 0 Å². The van der Waals surface area contributed by atoms with Crippen molar-refractivity contribution in [3.8, 4) is 0 Å². The molecule has 0 radical (unpaired) electrons. The fraction of sp³-hybridized carbons (Fsp3) is 0.300. The summed E-state index contributed by atoms with van der Waals surface area (Å²) in [6.45, 7) is 2.81. The Hall–Kier alpha value is -0.170.